The molecule has 5 heteroatoms. The number of ether oxygens (including phenoxy) is 1. The van der Waals surface area contributed by atoms with E-state index in [4.69, 9.17) is 4.74 Å². The van der Waals surface area contributed by atoms with Crippen LogP contribution in [-0.2, 0) is 16.1 Å². The van der Waals surface area contributed by atoms with Crippen LogP contribution < -0.4 is 0 Å². The molecule has 0 amide bonds. The van der Waals surface area contributed by atoms with Gasteiger partial charge in [0.1, 0.15) is 11.6 Å². The first kappa shape index (κ1) is 16.0. The van der Waals surface area contributed by atoms with E-state index >= 15 is 0 Å². The molecule has 3 nitrogen and oxygen atoms in total. The first-order valence-corrected chi connectivity index (χ1v) is 9.12. The van der Waals surface area contributed by atoms with Gasteiger partial charge in [-0.25, -0.2) is 4.98 Å². The number of hydrogen-bond donors (Lipinski definition) is 0. The molecular weight excluding hydrogens is 326 g/mol. The lowest BCUT2D eigenvalue weighted by atomic mass is 10.2. The number of nitrogens with zero attached hydrogens (tertiary/aromatic N) is 1. The molecule has 2 aromatic carbocycles. The summed E-state index contributed by atoms with van der Waals surface area (Å²) in [6, 6.07) is 14.2. The molecule has 0 bridgehead atoms. The predicted octanol–water partition coefficient (Wildman–Crippen LogP) is 4.75. The molecule has 0 aliphatic heterocycles. The third-order valence-corrected chi connectivity index (χ3v) is 5.53. The van der Waals surface area contributed by atoms with Crippen LogP contribution in [0.2, 0.25) is 0 Å². The van der Waals surface area contributed by atoms with Gasteiger partial charge in [-0.05, 0) is 37.6 Å². The Kier molecular flexibility index (Phi) is 4.98. The molecule has 0 saturated carbocycles. The topological polar surface area (TPSA) is 39.2 Å². The standard InChI is InChI=1S/C18H17NO2S2/c1-12-7-8-15(13(2)9-12)22-11-18(20)21-10-17-19-14-5-3-4-6-16(14)23-17/h3-9H,10-11H2,1-2H3. The Balaban J connectivity index is 1.53. The van der Waals surface area contributed by atoms with Crippen molar-refractivity contribution in [3.05, 3.63) is 58.6 Å². The average Bonchev–Trinajstić information content (AvgIpc) is 2.95. The summed E-state index contributed by atoms with van der Waals surface area (Å²) in [7, 11) is 0. The third kappa shape index (κ3) is 4.12. The van der Waals surface area contributed by atoms with Gasteiger partial charge in [0.2, 0.25) is 0 Å². The molecule has 0 saturated heterocycles. The van der Waals surface area contributed by atoms with Gasteiger partial charge < -0.3 is 4.74 Å². The molecule has 0 aliphatic rings. The third-order valence-electron chi connectivity index (χ3n) is 3.37. The number of para-hydroxylation sites is 1. The minimum atomic E-state index is -0.214. The largest absolute Gasteiger partial charge is 0.458 e. The number of fused-ring (bicyclic) bond motifs is 1. The lowest BCUT2D eigenvalue weighted by Crippen LogP contribution is -2.07. The van der Waals surface area contributed by atoms with E-state index in [1.165, 1.54) is 22.9 Å². The Morgan fingerprint density at radius 1 is 1.22 bits per heavy atom. The summed E-state index contributed by atoms with van der Waals surface area (Å²) < 4.78 is 6.45. The van der Waals surface area contributed by atoms with Crippen LogP contribution in [0.3, 0.4) is 0 Å². The van der Waals surface area contributed by atoms with Crippen LogP contribution >= 0.6 is 23.1 Å². The molecule has 3 aromatic rings. The second kappa shape index (κ2) is 7.15. The van der Waals surface area contributed by atoms with Crippen molar-refractivity contribution < 1.29 is 9.53 Å². The van der Waals surface area contributed by atoms with Gasteiger partial charge in [-0.1, -0.05) is 29.8 Å². The Hall–Kier alpha value is -1.85. The number of thioether (sulfide) groups is 1. The Morgan fingerprint density at radius 2 is 2.04 bits per heavy atom. The number of benzene rings is 2. The normalized spacial score (nSPS) is 10.9. The van der Waals surface area contributed by atoms with Crippen molar-refractivity contribution in [3.63, 3.8) is 0 Å². The molecule has 0 spiro atoms. The average molecular weight is 343 g/mol. The second-order valence-electron chi connectivity index (χ2n) is 5.29. The van der Waals surface area contributed by atoms with E-state index in [1.807, 2.05) is 24.3 Å². The molecule has 3 rings (SSSR count). The van der Waals surface area contributed by atoms with Gasteiger partial charge in [0.15, 0.2) is 0 Å². The Morgan fingerprint density at radius 3 is 2.83 bits per heavy atom. The fraction of sp³-hybridized carbons (Fsp3) is 0.222. The smallest absolute Gasteiger partial charge is 0.316 e. The highest BCUT2D eigenvalue weighted by Crippen LogP contribution is 2.24. The molecule has 0 unspecified atom stereocenters. The minimum absolute atomic E-state index is 0.214. The van der Waals surface area contributed by atoms with Gasteiger partial charge in [0.05, 0.1) is 16.0 Å². The zero-order valence-electron chi connectivity index (χ0n) is 13.0. The van der Waals surface area contributed by atoms with E-state index in [-0.39, 0.29) is 12.6 Å². The van der Waals surface area contributed by atoms with Crippen LogP contribution in [0.4, 0.5) is 0 Å². The highest BCUT2D eigenvalue weighted by atomic mass is 32.2. The highest BCUT2D eigenvalue weighted by Gasteiger charge is 2.09. The number of esters is 1. The van der Waals surface area contributed by atoms with Crippen molar-refractivity contribution in [2.75, 3.05) is 5.75 Å². The van der Waals surface area contributed by atoms with Gasteiger partial charge in [0, 0.05) is 4.90 Å². The zero-order valence-corrected chi connectivity index (χ0v) is 14.7. The molecule has 0 radical (unpaired) electrons. The number of rotatable bonds is 5. The van der Waals surface area contributed by atoms with Crippen LogP contribution in [0.5, 0.6) is 0 Å². The number of aromatic nitrogens is 1. The monoisotopic (exact) mass is 343 g/mol. The predicted molar refractivity (Wildman–Crippen MR) is 96.1 cm³/mol. The Bertz CT molecular complexity index is 809. The number of hydrogen-bond acceptors (Lipinski definition) is 5. The van der Waals surface area contributed by atoms with E-state index in [2.05, 4.69) is 37.0 Å². The van der Waals surface area contributed by atoms with Crippen LogP contribution in [0.1, 0.15) is 16.1 Å². The van der Waals surface area contributed by atoms with Crippen molar-refractivity contribution in [1.29, 1.82) is 0 Å². The molecule has 23 heavy (non-hydrogen) atoms. The molecule has 0 fully saturated rings. The van der Waals surface area contributed by atoms with E-state index in [0.717, 1.165) is 20.1 Å². The highest BCUT2D eigenvalue weighted by molar-refractivity contribution is 8.00. The quantitative estimate of drug-likeness (QED) is 0.495. The molecule has 1 aromatic heterocycles. The molecule has 0 atom stereocenters. The van der Waals surface area contributed by atoms with E-state index in [1.54, 1.807) is 11.3 Å². The van der Waals surface area contributed by atoms with Crippen LogP contribution in [-0.4, -0.2) is 16.7 Å². The maximum atomic E-state index is 11.9. The number of carbonyl (C=O) groups excluding carboxylic acids is 1. The molecule has 0 aliphatic carbocycles. The van der Waals surface area contributed by atoms with Crippen molar-refractivity contribution >= 4 is 39.3 Å². The van der Waals surface area contributed by atoms with E-state index < -0.39 is 0 Å². The van der Waals surface area contributed by atoms with Gasteiger partial charge in [-0.2, -0.15) is 0 Å². The van der Waals surface area contributed by atoms with Crippen LogP contribution in [0, 0.1) is 13.8 Å². The lowest BCUT2D eigenvalue weighted by Gasteiger charge is -2.06. The maximum Gasteiger partial charge on any atom is 0.316 e. The van der Waals surface area contributed by atoms with Crippen molar-refractivity contribution in [2.24, 2.45) is 0 Å². The van der Waals surface area contributed by atoms with Gasteiger partial charge in [-0.3, -0.25) is 4.79 Å². The van der Waals surface area contributed by atoms with Crippen molar-refractivity contribution in [2.45, 2.75) is 25.3 Å². The van der Waals surface area contributed by atoms with Crippen LogP contribution in [0.15, 0.2) is 47.4 Å². The summed E-state index contributed by atoms with van der Waals surface area (Å²) in [5.74, 6) is 0.101. The summed E-state index contributed by atoms with van der Waals surface area (Å²) in [5, 5.41) is 0.830. The molecule has 118 valence electrons. The summed E-state index contributed by atoms with van der Waals surface area (Å²) >= 11 is 3.08. The number of thiazole rings is 1. The summed E-state index contributed by atoms with van der Waals surface area (Å²) in [4.78, 5) is 17.5. The molecule has 0 N–H and O–H groups in total. The summed E-state index contributed by atoms with van der Waals surface area (Å²) in [6.07, 6.45) is 0. The lowest BCUT2D eigenvalue weighted by molar-refractivity contribution is -0.141. The van der Waals surface area contributed by atoms with Crippen molar-refractivity contribution in [1.82, 2.24) is 4.98 Å². The van der Waals surface area contributed by atoms with Crippen molar-refractivity contribution in [3.8, 4) is 0 Å². The zero-order chi connectivity index (χ0) is 16.2. The fourth-order valence-electron chi connectivity index (χ4n) is 2.26. The second-order valence-corrected chi connectivity index (χ2v) is 7.43. The minimum Gasteiger partial charge on any atom is -0.458 e. The first-order valence-electron chi connectivity index (χ1n) is 7.32. The SMILES string of the molecule is Cc1ccc(SCC(=O)OCc2nc3ccccc3s2)c(C)c1. The van der Waals surface area contributed by atoms with Crippen LogP contribution in [0.25, 0.3) is 10.2 Å². The van der Waals surface area contributed by atoms with Gasteiger partial charge in [-0.15, -0.1) is 23.1 Å². The van der Waals surface area contributed by atoms with Gasteiger partial charge in [0.25, 0.3) is 0 Å². The fourth-order valence-corrected chi connectivity index (χ4v) is 3.95. The molecular formula is C18H17NO2S2. The summed E-state index contributed by atoms with van der Waals surface area (Å²) in [5.41, 5.74) is 3.37. The Labute approximate surface area is 143 Å². The first-order chi connectivity index (χ1) is 11.1. The van der Waals surface area contributed by atoms with E-state index in [0.29, 0.717) is 5.75 Å². The molecule has 1 heterocycles. The summed E-state index contributed by atoms with van der Waals surface area (Å²) in [6.45, 7) is 4.36. The van der Waals surface area contributed by atoms with E-state index in [9.17, 15) is 4.79 Å². The maximum absolute atomic E-state index is 11.9. The number of aryl methyl sites for hydroxylation is 2. The number of carbonyl (C=O) groups is 1. The van der Waals surface area contributed by atoms with Gasteiger partial charge >= 0.3 is 5.97 Å².